The average molecular weight is 444 g/mol. The maximum absolute atomic E-state index is 13.3. The van der Waals surface area contributed by atoms with E-state index >= 15 is 0 Å². The number of amides is 1. The third-order valence-electron chi connectivity index (χ3n) is 5.35. The summed E-state index contributed by atoms with van der Waals surface area (Å²) in [5.41, 5.74) is -0.850. The summed E-state index contributed by atoms with van der Waals surface area (Å²) >= 11 is 0. The van der Waals surface area contributed by atoms with Gasteiger partial charge in [0.05, 0.1) is 11.0 Å². The molecule has 168 valence electrons. The van der Waals surface area contributed by atoms with E-state index in [1.54, 1.807) is 18.2 Å². The number of hydrogen-bond acceptors (Lipinski definition) is 6. The van der Waals surface area contributed by atoms with Gasteiger partial charge in [-0.15, -0.1) is 0 Å². The maximum atomic E-state index is 13.3. The fourth-order valence-corrected chi connectivity index (χ4v) is 3.53. The molecule has 32 heavy (non-hydrogen) atoms. The fraction of sp³-hybridized carbons (Fsp3) is 0.364. The zero-order valence-corrected chi connectivity index (χ0v) is 17.4. The van der Waals surface area contributed by atoms with E-state index in [0.717, 1.165) is 12.1 Å². The predicted molar refractivity (Wildman–Crippen MR) is 112 cm³/mol. The van der Waals surface area contributed by atoms with Gasteiger partial charge in [0.25, 0.3) is 5.69 Å². The highest BCUT2D eigenvalue weighted by Gasteiger charge is 2.33. The van der Waals surface area contributed by atoms with Crippen molar-refractivity contribution in [1.82, 2.24) is 5.32 Å². The van der Waals surface area contributed by atoms with Crippen molar-refractivity contribution in [2.45, 2.75) is 25.3 Å². The van der Waals surface area contributed by atoms with Crippen molar-refractivity contribution in [2.24, 2.45) is 5.92 Å². The van der Waals surface area contributed by atoms with Crippen molar-refractivity contribution < 1.29 is 23.2 Å². The lowest BCUT2D eigenvalue weighted by molar-refractivity contribution is -0.384. The number of nitrogens with one attached hydrogen (secondary N) is 1. The van der Waals surface area contributed by atoms with Crippen molar-refractivity contribution in [1.29, 1.82) is 5.26 Å². The summed E-state index contributed by atoms with van der Waals surface area (Å²) < 4.78 is 31.7. The second-order valence-corrected chi connectivity index (χ2v) is 7.80. The number of nitro benzene ring substituents is 1. The van der Waals surface area contributed by atoms with Crippen LogP contribution in [-0.2, 0) is 4.79 Å². The van der Waals surface area contributed by atoms with Gasteiger partial charge in [-0.1, -0.05) is 12.1 Å². The Morgan fingerprint density at radius 2 is 1.97 bits per heavy atom. The summed E-state index contributed by atoms with van der Waals surface area (Å²) in [6.07, 6.45) is 0.923. The van der Waals surface area contributed by atoms with Crippen LogP contribution in [0.25, 0.3) is 0 Å². The van der Waals surface area contributed by atoms with Crippen LogP contribution in [0.15, 0.2) is 42.5 Å². The quantitative estimate of drug-likeness (QED) is 0.517. The highest BCUT2D eigenvalue weighted by atomic mass is 19.2. The molecule has 8 nitrogen and oxygen atoms in total. The van der Waals surface area contributed by atoms with Gasteiger partial charge in [0.2, 0.25) is 5.91 Å². The molecule has 0 aliphatic carbocycles. The van der Waals surface area contributed by atoms with Crippen molar-refractivity contribution in [3.05, 3.63) is 64.2 Å². The van der Waals surface area contributed by atoms with Gasteiger partial charge >= 0.3 is 0 Å². The summed E-state index contributed by atoms with van der Waals surface area (Å²) in [5, 5.41) is 23.5. The minimum Gasteiger partial charge on any atom is -0.490 e. The van der Waals surface area contributed by atoms with Crippen molar-refractivity contribution in [2.75, 3.05) is 24.6 Å². The number of anilines is 1. The Morgan fingerprint density at radius 1 is 1.28 bits per heavy atom. The molecule has 2 aromatic carbocycles. The number of rotatable bonds is 7. The van der Waals surface area contributed by atoms with Gasteiger partial charge in [-0.3, -0.25) is 14.9 Å². The summed E-state index contributed by atoms with van der Waals surface area (Å²) in [5.74, 6) is -2.75. The molecule has 1 heterocycles. The van der Waals surface area contributed by atoms with Crippen molar-refractivity contribution >= 4 is 17.3 Å². The van der Waals surface area contributed by atoms with Crippen LogP contribution in [0.2, 0.25) is 0 Å². The van der Waals surface area contributed by atoms with Crippen LogP contribution in [0.5, 0.6) is 5.75 Å². The van der Waals surface area contributed by atoms with E-state index in [1.165, 1.54) is 19.1 Å². The molecule has 0 unspecified atom stereocenters. The van der Waals surface area contributed by atoms with Gasteiger partial charge in [-0.2, -0.15) is 5.26 Å². The summed E-state index contributed by atoms with van der Waals surface area (Å²) in [7, 11) is 0. The number of para-hydroxylation sites is 2. The van der Waals surface area contributed by atoms with Crippen molar-refractivity contribution in [3.8, 4) is 11.8 Å². The third kappa shape index (κ3) is 5.29. The van der Waals surface area contributed by atoms with E-state index in [1.807, 2.05) is 11.0 Å². The fourth-order valence-electron chi connectivity index (χ4n) is 3.53. The number of ether oxygens (including phenoxy) is 1. The average Bonchev–Trinajstić information content (AvgIpc) is 2.80. The molecule has 10 heteroatoms. The second-order valence-electron chi connectivity index (χ2n) is 7.80. The minimum absolute atomic E-state index is 0.0156. The van der Waals surface area contributed by atoms with Gasteiger partial charge in [0.1, 0.15) is 18.0 Å². The monoisotopic (exact) mass is 444 g/mol. The molecular weight excluding hydrogens is 422 g/mol. The van der Waals surface area contributed by atoms with Crippen LogP contribution in [0.4, 0.5) is 20.2 Å². The Labute approximate surface area is 183 Å². The molecule has 0 spiro atoms. The number of carbonyl (C=O) groups is 1. The molecule has 1 aliphatic heterocycles. The number of benzene rings is 2. The van der Waals surface area contributed by atoms with Crippen LogP contribution in [-0.4, -0.2) is 36.1 Å². The first-order valence-electron chi connectivity index (χ1n) is 10.0. The number of nitriles is 1. The Balaban J connectivity index is 1.57. The topological polar surface area (TPSA) is 108 Å². The van der Waals surface area contributed by atoms with E-state index in [4.69, 9.17) is 4.74 Å². The third-order valence-corrected chi connectivity index (χ3v) is 5.35. The number of halogens is 2. The van der Waals surface area contributed by atoms with Gasteiger partial charge < -0.3 is 15.0 Å². The van der Waals surface area contributed by atoms with Crippen LogP contribution in [0.3, 0.4) is 0 Å². The standard InChI is InChI=1S/C22H22F2N4O4/c1-22(13-25,14-32-16-6-7-17(23)18(24)12-16)26-21(29)15-8-10-27(11-9-15)19-4-2-3-5-20(19)28(30)31/h2-7,12,15H,8-11,14H2,1H3,(H,26,29)/t22-/m0/s1. The first-order valence-corrected chi connectivity index (χ1v) is 10.0. The van der Waals surface area contributed by atoms with Crippen molar-refractivity contribution in [3.63, 3.8) is 0 Å². The smallest absolute Gasteiger partial charge is 0.292 e. The molecule has 1 atom stereocenters. The van der Waals surface area contributed by atoms with Gasteiger partial charge in [0.15, 0.2) is 17.2 Å². The molecule has 0 saturated carbocycles. The number of nitrogens with zero attached hydrogens (tertiary/aromatic N) is 3. The lowest BCUT2D eigenvalue weighted by Crippen LogP contribution is -2.52. The minimum atomic E-state index is -1.38. The van der Waals surface area contributed by atoms with E-state index in [9.17, 15) is 29.0 Å². The molecule has 0 bridgehead atoms. The SMILES string of the molecule is C[C@](C#N)(COc1ccc(F)c(F)c1)NC(=O)C1CCN(c2ccccc2[N+](=O)[O-])CC1. The summed E-state index contributed by atoms with van der Waals surface area (Å²) in [6, 6.07) is 11.5. The van der Waals surface area contributed by atoms with E-state index in [0.29, 0.717) is 31.6 Å². The van der Waals surface area contributed by atoms with Crippen LogP contribution < -0.4 is 15.0 Å². The number of nitro groups is 1. The normalized spacial score (nSPS) is 16.0. The molecule has 3 rings (SSSR count). The first-order chi connectivity index (χ1) is 15.2. The lowest BCUT2D eigenvalue weighted by atomic mass is 9.93. The Kier molecular flexibility index (Phi) is 6.88. The second kappa shape index (κ2) is 9.60. The van der Waals surface area contributed by atoms with E-state index in [2.05, 4.69) is 5.32 Å². The molecule has 0 radical (unpaired) electrons. The zero-order valence-electron chi connectivity index (χ0n) is 17.4. The van der Waals surface area contributed by atoms with Gasteiger partial charge in [-0.05, 0) is 38.0 Å². The summed E-state index contributed by atoms with van der Waals surface area (Å²) in [4.78, 5) is 25.4. The first kappa shape index (κ1) is 22.9. The van der Waals surface area contributed by atoms with Crippen LogP contribution in [0, 0.1) is 39.0 Å². The largest absolute Gasteiger partial charge is 0.490 e. The highest BCUT2D eigenvalue weighted by molar-refractivity contribution is 5.80. The Hall–Kier alpha value is -3.74. The molecule has 2 aromatic rings. The molecule has 1 fully saturated rings. The number of hydrogen-bond donors (Lipinski definition) is 1. The Morgan fingerprint density at radius 3 is 2.59 bits per heavy atom. The van der Waals surface area contributed by atoms with Gasteiger partial charge in [-0.25, -0.2) is 8.78 Å². The van der Waals surface area contributed by atoms with E-state index < -0.39 is 22.1 Å². The van der Waals surface area contributed by atoms with E-state index in [-0.39, 0.29) is 29.9 Å². The predicted octanol–water partition coefficient (Wildman–Crippen LogP) is 3.57. The number of carbonyl (C=O) groups excluding carboxylic acids is 1. The van der Waals surface area contributed by atoms with Crippen LogP contribution >= 0.6 is 0 Å². The molecule has 1 aliphatic rings. The van der Waals surface area contributed by atoms with Gasteiger partial charge in [0, 0.05) is 31.1 Å². The molecule has 1 amide bonds. The molecule has 1 saturated heterocycles. The molecule has 0 aromatic heterocycles. The Bertz CT molecular complexity index is 1050. The summed E-state index contributed by atoms with van der Waals surface area (Å²) in [6.45, 7) is 2.14. The van der Waals surface area contributed by atoms with Crippen LogP contribution in [0.1, 0.15) is 19.8 Å². The lowest BCUT2D eigenvalue weighted by Gasteiger charge is -2.34. The highest BCUT2D eigenvalue weighted by Crippen LogP contribution is 2.31. The molecular formula is C22H22F2N4O4. The molecule has 1 N–H and O–H groups in total. The zero-order chi connectivity index (χ0) is 23.3. The maximum Gasteiger partial charge on any atom is 0.292 e. The number of piperidine rings is 1.